The molecule has 3 nitrogen and oxygen atoms in total. The molecule has 0 saturated carbocycles. The van der Waals surface area contributed by atoms with Gasteiger partial charge in [0.2, 0.25) is 0 Å². The zero-order valence-corrected chi connectivity index (χ0v) is 10.6. The van der Waals surface area contributed by atoms with Crippen LogP contribution in [0, 0.1) is 18.3 Å². The van der Waals surface area contributed by atoms with E-state index in [1.807, 2.05) is 19.1 Å². The van der Waals surface area contributed by atoms with Crippen molar-refractivity contribution in [3.63, 3.8) is 0 Å². The first-order chi connectivity index (χ1) is 8.26. The summed E-state index contributed by atoms with van der Waals surface area (Å²) in [7, 11) is 0. The van der Waals surface area contributed by atoms with Gasteiger partial charge in [-0.05, 0) is 43.0 Å². The zero-order chi connectivity index (χ0) is 12.3. The molecule has 2 rings (SSSR count). The Hall–Kier alpha value is -1.86. The molecular formula is C13H13N3S. The molecule has 2 aromatic rings. The van der Waals surface area contributed by atoms with Crippen molar-refractivity contribution in [2.45, 2.75) is 13.8 Å². The number of pyridine rings is 1. The first-order valence-corrected chi connectivity index (χ1v) is 6.33. The quantitative estimate of drug-likeness (QED) is 0.898. The fourth-order valence-corrected chi connectivity index (χ4v) is 2.51. The summed E-state index contributed by atoms with van der Waals surface area (Å²) in [6, 6.07) is 7.94. The van der Waals surface area contributed by atoms with Crippen LogP contribution in [-0.4, -0.2) is 11.5 Å². The normalized spacial score (nSPS) is 9.94. The molecular weight excluding hydrogens is 230 g/mol. The van der Waals surface area contributed by atoms with Crippen LogP contribution >= 0.6 is 11.3 Å². The molecule has 17 heavy (non-hydrogen) atoms. The number of thiophene rings is 1. The minimum absolute atomic E-state index is 0.588. The molecule has 2 heterocycles. The second kappa shape index (κ2) is 4.98. The van der Waals surface area contributed by atoms with Gasteiger partial charge in [0.05, 0.1) is 16.1 Å². The lowest BCUT2D eigenvalue weighted by molar-refractivity contribution is 1.15. The van der Waals surface area contributed by atoms with E-state index in [1.165, 1.54) is 5.56 Å². The first-order valence-electron chi connectivity index (χ1n) is 5.45. The molecule has 0 aliphatic rings. The molecule has 4 heteroatoms. The number of rotatable bonds is 3. The number of nitrogens with zero attached hydrogens (tertiary/aromatic N) is 2. The Morgan fingerprint density at radius 2 is 2.24 bits per heavy atom. The predicted molar refractivity (Wildman–Crippen MR) is 71.2 cm³/mol. The second-order valence-corrected chi connectivity index (χ2v) is 4.58. The van der Waals surface area contributed by atoms with E-state index in [0.717, 1.165) is 17.1 Å². The lowest BCUT2D eigenvalue weighted by Crippen LogP contribution is -2.02. The zero-order valence-electron chi connectivity index (χ0n) is 9.82. The Morgan fingerprint density at radius 1 is 1.41 bits per heavy atom. The van der Waals surface area contributed by atoms with Crippen molar-refractivity contribution in [2.75, 3.05) is 11.9 Å². The van der Waals surface area contributed by atoms with Gasteiger partial charge in [0.25, 0.3) is 0 Å². The molecule has 0 atom stereocenters. The van der Waals surface area contributed by atoms with E-state index in [2.05, 4.69) is 34.7 Å². The molecule has 0 fully saturated rings. The van der Waals surface area contributed by atoms with Gasteiger partial charge in [-0.1, -0.05) is 0 Å². The SMILES string of the molecule is CCNc1nc(-c2sccc2C)ccc1C#N. The van der Waals surface area contributed by atoms with Gasteiger partial charge in [-0.2, -0.15) is 5.26 Å². The summed E-state index contributed by atoms with van der Waals surface area (Å²) in [6.07, 6.45) is 0. The van der Waals surface area contributed by atoms with Crippen LogP contribution in [0.25, 0.3) is 10.6 Å². The van der Waals surface area contributed by atoms with Crippen LogP contribution in [0.4, 0.5) is 5.82 Å². The Bertz CT molecular complexity index is 566. The summed E-state index contributed by atoms with van der Waals surface area (Å²) in [4.78, 5) is 5.67. The van der Waals surface area contributed by atoms with Gasteiger partial charge in [0.15, 0.2) is 0 Å². The predicted octanol–water partition coefficient (Wildman–Crippen LogP) is 3.42. The van der Waals surface area contributed by atoms with Crippen molar-refractivity contribution in [2.24, 2.45) is 0 Å². The summed E-state index contributed by atoms with van der Waals surface area (Å²) >= 11 is 1.67. The van der Waals surface area contributed by atoms with Crippen LogP contribution in [0.3, 0.4) is 0 Å². The molecule has 0 aliphatic heterocycles. The standard InChI is InChI=1S/C13H13N3S/c1-3-15-13-10(8-14)4-5-11(16-13)12-9(2)6-7-17-12/h4-7H,3H2,1-2H3,(H,15,16). The maximum Gasteiger partial charge on any atom is 0.144 e. The smallest absolute Gasteiger partial charge is 0.144 e. The Balaban J connectivity index is 2.48. The average Bonchev–Trinajstić information content (AvgIpc) is 2.76. The van der Waals surface area contributed by atoms with Crippen LogP contribution in [-0.2, 0) is 0 Å². The number of nitrogens with one attached hydrogen (secondary N) is 1. The second-order valence-electron chi connectivity index (χ2n) is 3.67. The van der Waals surface area contributed by atoms with E-state index in [0.29, 0.717) is 11.4 Å². The van der Waals surface area contributed by atoms with Gasteiger partial charge < -0.3 is 5.32 Å². The summed E-state index contributed by atoms with van der Waals surface area (Å²) < 4.78 is 0. The lowest BCUT2D eigenvalue weighted by atomic mass is 10.2. The number of hydrogen-bond acceptors (Lipinski definition) is 4. The van der Waals surface area contributed by atoms with Gasteiger partial charge in [0.1, 0.15) is 11.9 Å². The Morgan fingerprint density at radius 3 is 2.82 bits per heavy atom. The molecule has 0 aliphatic carbocycles. The number of aryl methyl sites for hydroxylation is 1. The third-order valence-electron chi connectivity index (χ3n) is 2.45. The Labute approximate surface area is 105 Å². The minimum atomic E-state index is 0.588. The summed E-state index contributed by atoms with van der Waals surface area (Å²) in [5.74, 6) is 0.667. The minimum Gasteiger partial charge on any atom is -0.369 e. The van der Waals surface area contributed by atoms with E-state index in [1.54, 1.807) is 11.3 Å². The number of aromatic nitrogens is 1. The fraction of sp³-hybridized carbons (Fsp3) is 0.231. The summed E-state index contributed by atoms with van der Waals surface area (Å²) in [6.45, 7) is 4.82. The van der Waals surface area contributed by atoms with Crippen molar-refractivity contribution < 1.29 is 0 Å². The van der Waals surface area contributed by atoms with E-state index in [9.17, 15) is 0 Å². The maximum absolute atomic E-state index is 8.99. The first kappa shape index (κ1) is 11.6. The fourth-order valence-electron chi connectivity index (χ4n) is 1.61. The molecule has 0 bridgehead atoms. The lowest BCUT2D eigenvalue weighted by Gasteiger charge is -2.07. The van der Waals surface area contributed by atoms with E-state index < -0.39 is 0 Å². The van der Waals surface area contributed by atoms with Gasteiger partial charge in [0, 0.05) is 6.54 Å². The summed E-state index contributed by atoms with van der Waals surface area (Å²) in [5, 5.41) is 14.2. The summed E-state index contributed by atoms with van der Waals surface area (Å²) in [5.41, 5.74) is 2.73. The topological polar surface area (TPSA) is 48.7 Å². The molecule has 86 valence electrons. The number of hydrogen-bond donors (Lipinski definition) is 1. The number of nitriles is 1. The van der Waals surface area contributed by atoms with E-state index in [4.69, 9.17) is 5.26 Å². The Kier molecular flexibility index (Phi) is 3.40. The van der Waals surface area contributed by atoms with Gasteiger partial charge >= 0.3 is 0 Å². The number of anilines is 1. The maximum atomic E-state index is 8.99. The van der Waals surface area contributed by atoms with E-state index in [-0.39, 0.29) is 0 Å². The van der Waals surface area contributed by atoms with Crippen molar-refractivity contribution in [1.82, 2.24) is 4.98 Å². The van der Waals surface area contributed by atoms with Gasteiger partial charge in [-0.15, -0.1) is 11.3 Å². The van der Waals surface area contributed by atoms with Crippen LogP contribution in [0.15, 0.2) is 23.6 Å². The van der Waals surface area contributed by atoms with Gasteiger partial charge in [-0.25, -0.2) is 4.98 Å². The van der Waals surface area contributed by atoms with Crippen molar-refractivity contribution in [3.8, 4) is 16.6 Å². The molecule has 0 spiro atoms. The van der Waals surface area contributed by atoms with Crippen molar-refractivity contribution >= 4 is 17.2 Å². The van der Waals surface area contributed by atoms with Crippen molar-refractivity contribution in [3.05, 3.63) is 34.7 Å². The highest BCUT2D eigenvalue weighted by atomic mass is 32.1. The molecule has 0 aromatic carbocycles. The molecule has 0 saturated heterocycles. The van der Waals surface area contributed by atoms with Crippen LogP contribution in [0.1, 0.15) is 18.1 Å². The van der Waals surface area contributed by atoms with Crippen molar-refractivity contribution in [1.29, 1.82) is 5.26 Å². The highest BCUT2D eigenvalue weighted by molar-refractivity contribution is 7.13. The molecule has 2 aromatic heterocycles. The van der Waals surface area contributed by atoms with Gasteiger partial charge in [-0.3, -0.25) is 0 Å². The van der Waals surface area contributed by atoms with E-state index >= 15 is 0 Å². The van der Waals surface area contributed by atoms with Crippen LogP contribution in [0.2, 0.25) is 0 Å². The monoisotopic (exact) mass is 243 g/mol. The molecule has 0 amide bonds. The highest BCUT2D eigenvalue weighted by Crippen LogP contribution is 2.29. The third kappa shape index (κ3) is 2.29. The molecule has 1 N–H and O–H groups in total. The highest BCUT2D eigenvalue weighted by Gasteiger charge is 2.09. The van der Waals surface area contributed by atoms with Crippen LogP contribution in [0.5, 0.6) is 0 Å². The molecule has 0 radical (unpaired) electrons. The average molecular weight is 243 g/mol. The third-order valence-corrected chi connectivity index (χ3v) is 3.49. The largest absolute Gasteiger partial charge is 0.369 e. The molecule has 0 unspecified atom stereocenters. The van der Waals surface area contributed by atoms with Crippen LogP contribution < -0.4 is 5.32 Å².